The Balaban J connectivity index is 1.73. The number of benzene rings is 3. The Bertz CT molecular complexity index is 1320. The van der Waals surface area contributed by atoms with Crippen molar-refractivity contribution in [3.63, 3.8) is 0 Å². The van der Waals surface area contributed by atoms with E-state index in [9.17, 15) is 22.8 Å². The molecule has 0 bridgehead atoms. The molecule has 1 fully saturated rings. The number of nitrogens with zero attached hydrogens (tertiary/aromatic N) is 2. The van der Waals surface area contributed by atoms with Crippen LogP contribution in [0.1, 0.15) is 27.0 Å². The SMILES string of the molecule is Cc1cc(/C=C2\CN(C(=O)c3ccc(N(C)C)cc3)C/C(=C\c3ccc(F)c(F)c3)C2=O)ccc1F. The van der Waals surface area contributed by atoms with Crippen molar-refractivity contribution >= 4 is 29.5 Å². The van der Waals surface area contributed by atoms with Gasteiger partial charge in [-0.15, -0.1) is 0 Å². The second-order valence-electron chi connectivity index (χ2n) is 8.95. The fourth-order valence-electron chi connectivity index (χ4n) is 4.03. The second-order valence-corrected chi connectivity index (χ2v) is 8.95. The number of likely N-dealkylation sites (tertiary alicyclic amines) is 1. The van der Waals surface area contributed by atoms with Gasteiger partial charge in [-0.2, -0.15) is 0 Å². The molecule has 184 valence electrons. The van der Waals surface area contributed by atoms with Gasteiger partial charge in [0.15, 0.2) is 17.4 Å². The summed E-state index contributed by atoms with van der Waals surface area (Å²) >= 11 is 0. The molecule has 1 amide bonds. The van der Waals surface area contributed by atoms with Gasteiger partial charge in [-0.1, -0.05) is 12.1 Å². The Morgan fingerprint density at radius 3 is 1.89 bits per heavy atom. The molecule has 0 saturated carbocycles. The molecule has 0 unspecified atom stereocenters. The molecule has 3 aromatic carbocycles. The van der Waals surface area contributed by atoms with Crippen molar-refractivity contribution in [2.24, 2.45) is 0 Å². The monoisotopic (exact) mass is 490 g/mol. The van der Waals surface area contributed by atoms with Crippen molar-refractivity contribution in [2.45, 2.75) is 6.92 Å². The highest BCUT2D eigenvalue weighted by Gasteiger charge is 2.30. The zero-order chi connectivity index (χ0) is 26.0. The number of hydrogen-bond acceptors (Lipinski definition) is 3. The predicted molar refractivity (Wildman–Crippen MR) is 135 cm³/mol. The number of carbonyl (C=O) groups is 2. The summed E-state index contributed by atoms with van der Waals surface area (Å²) in [6.45, 7) is 1.69. The van der Waals surface area contributed by atoms with E-state index in [1.54, 1.807) is 37.3 Å². The first-order valence-corrected chi connectivity index (χ1v) is 11.4. The van der Waals surface area contributed by atoms with Crippen LogP contribution in [0.2, 0.25) is 0 Å². The highest BCUT2D eigenvalue weighted by atomic mass is 19.2. The Hall–Kier alpha value is -4.13. The molecule has 0 aliphatic carbocycles. The van der Waals surface area contributed by atoms with Gasteiger partial charge in [0, 0.05) is 36.5 Å². The van der Waals surface area contributed by atoms with Crippen LogP contribution in [-0.2, 0) is 4.79 Å². The summed E-state index contributed by atoms with van der Waals surface area (Å²) in [5, 5.41) is 0. The van der Waals surface area contributed by atoms with E-state index in [-0.39, 0.29) is 36.2 Å². The largest absolute Gasteiger partial charge is 0.378 e. The molecule has 7 heteroatoms. The van der Waals surface area contributed by atoms with Gasteiger partial charge in [0.25, 0.3) is 5.91 Å². The quantitative estimate of drug-likeness (QED) is 0.443. The first-order valence-electron chi connectivity index (χ1n) is 11.4. The van der Waals surface area contributed by atoms with Gasteiger partial charge in [0.1, 0.15) is 5.82 Å². The first kappa shape index (κ1) is 25.0. The van der Waals surface area contributed by atoms with Crippen LogP contribution in [0.3, 0.4) is 0 Å². The highest BCUT2D eigenvalue weighted by molar-refractivity contribution is 6.15. The zero-order valence-electron chi connectivity index (χ0n) is 20.2. The van der Waals surface area contributed by atoms with Crippen LogP contribution >= 0.6 is 0 Å². The van der Waals surface area contributed by atoms with Gasteiger partial charge >= 0.3 is 0 Å². The molecule has 0 atom stereocenters. The Morgan fingerprint density at radius 2 is 1.36 bits per heavy atom. The van der Waals surface area contributed by atoms with Gasteiger partial charge in [-0.05, 0) is 84.3 Å². The number of piperidine rings is 1. The predicted octanol–water partition coefficient (Wildman–Crippen LogP) is 5.67. The third kappa shape index (κ3) is 5.40. The fraction of sp³-hybridized carbons (Fsp3) is 0.172. The lowest BCUT2D eigenvalue weighted by molar-refractivity contribution is -0.113. The molecule has 1 saturated heterocycles. The summed E-state index contributed by atoms with van der Waals surface area (Å²) in [5.41, 5.74) is 3.34. The number of halogens is 3. The summed E-state index contributed by atoms with van der Waals surface area (Å²) in [6.07, 6.45) is 3.09. The average Bonchev–Trinajstić information content (AvgIpc) is 2.85. The lowest BCUT2D eigenvalue weighted by atomic mass is 9.93. The van der Waals surface area contributed by atoms with E-state index in [4.69, 9.17) is 0 Å². The van der Waals surface area contributed by atoms with Gasteiger partial charge in [-0.25, -0.2) is 13.2 Å². The summed E-state index contributed by atoms with van der Waals surface area (Å²) in [5.74, 6) is -2.96. The van der Waals surface area contributed by atoms with E-state index in [0.29, 0.717) is 27.8 Å². The fourth-order valence-corrected chi connectivity index (χ4v) is 4.03. The van der Waals surface area contributed by atoms with Crippen LogP contribution in [0.5, 0.6) is 0 Å². The molecular weight excluding hydrogens is 465 g/mol. The summed E-state index contributed by atoms with van der Waals surface area (Å²) < 4.78 is 40.9. The summed E-state index contributed by atoms with van der Waals surface area (Å²) in [4.78, 5) is 30.2. The molecule has 0 radical (unpaired) electrons. The minimum Gasteiger partial charge on any atom is -0.378 e. The van der Waals surface area contributed by atoms with Crippen LogP contribution in [-0.4, -0.2) is 43.8 Å². The molecule has 4 rings (SSSR count). The topological polar surface area (TPSA) is 40.6 Å². The van der Waals surface area contributed by atoms with Crippen molar-refractivity contribution in [3.8, 4) is 0 Å². The smallest absolute Gasteiger partial charge is 0.254 e. The van der Waals surface area contributed by atoms with Crippen LogP contribution in [0.4, 0.5) is 18.9 Å². The second kappa shape index (κ2) is 10.2. The van der Waals surface area contributed by atoms with E-state index >= 15 is 0 Å². The minimum atomic E-state index is -1.03. The standard InChI is InChI=1S/C29H25F3N2O2/c1-18-12-19(4-10-25(18)30)13-22-16-34(29(36)21-6-8-24(9-7-21)33(2)3)17-23(28(22)35)14-20-5-11-26(31)27(32)15-20/h4-15H,16-17H2,1-3H3/b22-13+,23-14+. The van der Waals surface area contributed by atoms with Crippen molar-refractivity contribution < 1.29 is 22.8 Å². The van der Waals surface area contributed by atoms with Crippen LogP contribution < -0.4 is 4.90 Å². The Labute approximate surface area is 208 Å². The van der Waals surface area contributed by atoms with Crippen molar-refractivity contribution in [3.05, 3.63) is 112 Å². The molecule has 1 aliphatic heterocycles. The number of ketones is 1. The van der Waals surface area contributed by atoms with E-state index in [1.807, 2.05) is 31.1 Å². The molecule has 4 nitrogen and oxygen atoms in total. The zero-order valence-corrected chi connectivity index (χ0v) is 20.2. The number of amides is 1. The van der Waals surface area contributed by atoms with Crippen LogP contribution in [0.25, 0.3) is 12.2 Å². The third-order valence-corrected chi connectivity index (χ3v) is 6.03. The minimum absolute atomic E-state index is 0.00583. The molecule has 1 heterocycles. The van der Waals surface area contributed by atoms with Crippen molar-refractivity contribution in [1.29, 1.82) is 0 Å². The average molecular weight is 491 g/mol. The molecule has 0 spiro atoms. The Kier molecular flexibility index (Phi) is 7.10. The van der Waals surface area contributed by atoms with E-state index in [1.165, 1.54) is 23.1 Å². The maximum absolute atomic E-state index is 13.8. The molecule has 1 aliphatic rings. The van der Waals surface area contributed by atoms with E-state index in [2.05, 4.69) is 0 Å². The lowest BCUT2D eigenvalue weighted by Gasteiger charge is -2.30. The summed E-state index contributed by atoms with van der Waals surface area (Å²) in [6, 6.07) is 15.0. The van der Waals surface area contributed by atoms with Gasteiger partial charge in [-0.3, -0.25) is 9.59 Å². The summed E-state index contributed by atoms with van der Waals surface area (Å²) in [7, 11) is 3.80. The number of Topliss-reactive ketones (excluding diaryl/α,β-unsaturated/α-hetero) is 1. The van der Waals surface area contributed by atoms with Crippen molar-refractivity contribution in [1.82, 2.24) is 4.90 Å². The van der Waals surface area contributed by atoms with Crippen LogP contribution in [0, 0.1) is 24.4 Å². The maximum Gasteiger partial charge on any atom is 0.254 e. The molecule has 3 aromatic rings. The number of aryl methyl sites for hydroxylation is 1. The number of anilines is 1. The van der Waals surface area contributed by atoms with Gasteiger partial charge in [0.2, 0.25) is 0 Å². The van der Waals surface area contributed by atoms with Crippen LogP contribution in [0.15, 0.2) is 71.8 Å². The van der Waals surface area contributed by atoms with E-state index < -0.39 is 11.6 Å². The molecule has 0 N–H and O–H groups in total. The van der Waals surface area contributed by atoms with E-state index in [0.717, 1.165) is 17.8 Å². The Morgan fingerprint density at radius 1 is 0.806 bits per heavy atom. The third-order valence-electron chi connectivity index (χ3n) is 6.03. The lowest BCUT2D eigenvalue weighted by Crippen LogP contribution is -2.41. The number of hydrogen-bond donors (Lipinski definition) is 0. The van der Waals surface area contributed by atoms with Gasteiger partial charge < -0.3 is 9.80 Å². The molecule has 36 heavy (non-hydrogen) atoms. The first-order chi connectivity index (χ1) is 17.1. The molecular formula is C29H25F3N2O2. The van der Waals surface area contributed by atoms with Crippen molar-refractivity contribution in [2.75, 3.05) is 32.1 Å². The molecule has 0 aromatic heterocycles. The highest BCUT2D eigenvalue weighted by Crippen LogP contribution is 2.25. The number of rotatable bonds is 4. The van der Waals surface area contributed by atoms with Gasteiger partial charge in [0.05, 0.1) is 13.1 Å². The maximum atomic E-state index is 13.8. The number of carbonyl (C=O) groups excluding carboxylic acids is 2. The normalized spacial score (nSPS) is 16.1.